The predicted molar refractivity (Wildman–Crippen MR) is 137 cm³/mol. The Balaban J connectivity index is 1.76. The maximum Gasteiger partial charge on any atom is 0.281 e. The molecule has 0 spiro atoms. The molecule has 0 saturated carbocycles. The van der Waals surface area contributed by atoms with Crippen molar-refractivity contribution in [3.63, 3.8) is 0 Å². The number of benzene rings is 3. The van der Waals surface area contributed by atoms with Crippen molar-refractivity contribution < 1.29 is 9.53 Å². The van der Waals surface area contributed by atoms with Gasteiger partial charge in [0.2, 0.25) is 0 Å². The number of nitrogens with one attached hydrogen (secondary N) is 1. The van der Waals surface area contributed by atoms with Gasteiger partial charge in [0.25, 0.3) is 11.5 Å². The van der Waals surface area contributed by atoms with Gasteiger partial charge < -0.3 is 4.74 Å². The van der Waals surface area contributed by atoms with Gasteiger partial charge >= 0.3 is 0 Å². The van der Waals surface area contributed by atoms with Gasteiger partial charge in [-0.05, 0) is 43.7 Å². The number of aryl methyl sites for hydroxylation is 1. The first-order valence-electron chi connectivity index (χ1n) is 11.2. The van der Waals surface area contributed by atoms with E-state index in [1.807, 2.05) is 79.7 Å². The summed E-state index contributed by atoms with van der Waals surface area (Å²) in [4.78, 5) is 27.6. The topological polar surface area (TPSA) is 79.7 Å². The van der Waals surface area contributed by atoms with E-state index in [4.69, 9.17) is 4.74 Å². The van der Waals surface area contributed by atoms with Crippen LogP contribution in [0.2, 0.25) is 0 Å². The lowest BCUT2D eigenvalue weighted by atomic mass is 9.91. The van der Waals surface area contributed by atoms with Crippen molar-refractivity contribution in [2.45, 2.75) is 13.8 Å². The summed E-state index contributed by atoms with van der Waals surface area (Å²) in [5.41, 5.74) is 4.25. The number of aromatic amines is 1. The molecular weight excluding hydrogens is 440 g/mol. The van der Waals surface area contributed by atoms with Crippen molar-refractivity contribution in [2.75, 3.05) is 12.1 Å². The second-order valence-electron chi connectivity index (χ2n) is 8.18. The van der Waals surface area contributed by atoms with Gasteiger partial charge in [-0.2, -0.15) is 10.1 Å². The normalized spacial score (nSPS) is 14.8. The number of carbonyl (C=O) groups excluding carboxylic acids is 1. The van der Waals surface area contributed by atoms with Crippen LogP contribution in [0.3, 0.4) is 0 Å². The Morgan fingerprint density at radius 3 is 2.17 bits per heavy atom. The molecular formula is C28H24N4O3. The molecule has 7 heteroatoms. The van der Waals surface area contributed by atoms with Crippen LogP contribution in [0.25, 0.3) is 11.3 Å². The Hall–Kier alpha value is -4.65. The molecule has 0 radical (unpaired) electrons. The molecule has 174 valence electrons. The van der Waals surface area contributed by atoms with Crippen LogP contribution in [0.5, 0.6) is 5.75 Å². The molecule has 0 unspecified atom stereocenters. The van der Waals surface area contributed by atoms with E-state index in [-0.39, 0.29) is 11.5 Å². The Kier molecular flexibility index (Phi) is 5.66. The third-order valence-electron chi connectivity index (χ3n) is 5.98. The lowest BCUT2D eigenvalue weighted by Crippen LogP contribution is -2.24. The van der Waals surface area contributed by atoms with Crippen molar-refractivity contribution in [1.29, 1.82) is 0 Å². The van der Waals surface area contributed by atoms with Gasteiger partial charge in [0, 0.05) is 11.3 Å². The first-order valence-corrected chi connectivity index (χ1v) is 11.2. The number of methoxy groups -OCH3 is 1. The number of hydrazone groups is 1. The number of ether oxygens (including phenoxy) is 1. The summed E-state index contributed by atoms with van der Waals surface area (Å²) in [6.45, 7) is 3.62. The van der Waals surface area contributed by atoms with E-state index in [1.54, 1.807) is 26.2 Å². The average Bonchev–Trinajstić information content (AvgIpc) is 3.35. The van der Waals surface area contributed by atoms with Gasteiger partial charge in [0.1, 0.15) is 11.4 Å². The SMILES string of the molecule is COc1ccccc1-n1[nH]c(C)c(/C(=C2\C(=O)N(c3ccccc3)N=C2C)c2ccccc2)c1=O. The summed E-state index contributed by atoms with van der Waals surface area (Å²) in [7, 11) is 1.56. The monoisotopic (exact) mass is 464 g/mol. The molecule has 4 aromatic rings. The van der Waals surface area contributed by atoms with Crippen LogP contribution in [0.1, 0.15) is 23.7 Å². The van der Waals surface area contributed by atoms with E-state index < -0.39 is 0 Å². The molecule has 1 N–H and O–H groups in total. The highest BCUT2D eigenvalue weighted by atomic mass is 16.5. The van der Waals surface area contributed by atoms with Crippen LogP contribution in [-0.2, 0) is 4.79 Å². The zero-order valence-electron chi connectivity index (χ0n) is 19.6. The van der Waals surface area contributed by atoms with Crippen LogP contribution in [-0.4, -0.2) is 28.5 Å². The fraction of sp³-hybridized carbons (Fsp3) is 0.107. The Labute approximate surface area is 202 Å². The minimum absolute atomic E-state index is 0.280. The molecule has 3 aromatic carbocycles. The lowest BCUT2D eigenvalue weighted by molar-refractivity contribution is -0.114. The molecule has 1 aliphatic rings. The van der Waals surface area contributed by atoms with Crippen molar-refractivity contribution in [1.82, 2.24) is 9.78 Å². The first kappa shape index (κ1) is 22.2. The molecule has 1 aliphatic heterocycles. The largest absolute Gasteiger partial charge is 0.494 e. The summed E-state index contributed by atoms with van der Waals surface area (Å²) in [6.07, 6.45) is 0. The lowest BCUT2D eigenvalue weighted by Gasteiger charge is -2.14. The second kappa shape index (κ2) is 8.95. The predicted octanol–water partition coefficient (Wildman–Crippen LogP) is 4.71. The number of anilines is 1. The summed E-state index contributed by atoms with van der Waals surface area (Å²) in [6, 6.07) is 26.0. The van der Waals surface area contributed by atoms with Gasteiger partial charge in [0.05, 0.1) is 29.6 Å². The van der Waals surface area contributed by atoms with E-state index >= 15 is 0 Å². The van der Waals surface area contributed by atoms with Gasteiger partial charge in [-0.25, -0.2) is 4.68 Å². The molecule has 0 aliphatic carbocycles. The van der Waals surface area contributed by atoms with Crippen LogP contribution in [0, 0.1) is 6.92 Å². The summed E-state index contributed by atoms with van der Waals surface area (Å²) < 4.78 is 6.93. The average molecular weight is 465 g/mol. The molecule has 0 bridgehead atoms. The third kappa shape index (κ3) is 3.77. The molecule has 5 rings (SSSR count). The van der Waals surface area contributed by atoms with Crippen molar-refractivity contribution in [3.05, 3.63) is 118 Å². The zero-order chi connectivity index (χ0) is 24.5. The maximum absolute atomic E-state index is 13.9. The van der Waals surface area contributed by atoms with Crippen LogP contribution in [0.15, 0.2) is 100 Å². The fourth-order valence-electron chi connectivity index (χ4n) is 4.38. The number of H-pyrrole nitrogens is 1. The van der Waals surface area contributed by atoms with Gasteiger partial charge in [-0.1, -0.05) is 60.7 Å². The maximum atomic E-state index is 13.9. The van der Waals surface area contributed by atoms with E-state index in [9.17, 15) is 9.59 Å². The van der Waals surface area contributed by atoms with Gasteiger partial charge in [-0.3, -0.25) is 14.7 Å². The summed E-state index contributed by atoms with van der Waals surface area (Å²) >= 11 is 0. The molecule has 7 nitrogen and oxygen atoms in total. The Bertz CT molecular complexity index is 1530. The standard InChI is InChI=1S/C28H24N4O3/c1-18-24(27(33)31(29-18)21-14-8-5-9-15-21)26(20-12-6-4-7-13-20)25-19(2)30-32(28(25)34)22-16-10-11-17-23(22)35-3/h4-17,30H,1-3H3/b26-24-. The minimum Gasteiger partial charge on any atom is -0.494 e. The summed E-state index contributed by atoms with van der Waals surface area (Å²) in [5, 5.41) is 9.11. The zero-order valence-corrected chi connectivity index (χ0v) is 19.6. The number of nitrogens with zero attached hydrogens (tertiary/aromatic N) is 3. The third-order valence-corrected chi connectivity index (χ3v) is 5.98. The molecule has 0 saturated heterocycles. The Morgan fingerprint density at radius 1 is 0.857 bits per heavy atom. The van der Waals surface area contributed by atoms with E-state index in [0.717, 1.165) is 5.56 Å². The van der Waals surface area contributed by atoms with Crippen molar-refractivity contribution >= 4 is 22.9 Å². The summed E-state index contributed by atoms with van der Waals surface area (Å²) in [5.74, 6) is 0.276. The second-order valence-corrected chi connectivity index (χ2v) is 8.18. The smallest absolute Gasteiger partial charge is 0.281 e. The van der Waals surface area contributed by atoms with Crippen molar-refractivity contribution in [3.8, 4) is 11.4 Å². The number of rotatable bonds is 5. The van der Waals surface area contributed by atoms with E-state index in [0.29, 0.717) is 45.2 Å². The van der Waals surface area contributed by atoms with Crippen LogP contribution >= 0.6 is 0 Å². The quantitative estimate of drug-likeness (QED) is 0.435. The molecule has 0 atom stereocenters. The molecule has 0 fully saturated rings. The molecule has 2 heterocycles. The molecule has 1 amide bonds. The number of para-hydroxylation sites is 3. The van der Waals surface area contributed by atoms with Gasteiger partial charge in [-0.15, -0.1) is 0 Å². The minimum atomic E-state index is -0.281. The highest BCUT2D eigenvalue weighted by Crippen LogP contribution is 2.33. The fourth-order valence-corrected chi connectivity index (χ4v) is 4.38. The van der Waals surface area contributed by atoms with E-state index in [2.05, 4.69) is 10.2 Å². The number of hydrogen-bond donors (Lipinski definition) is 1. The van der Waals surface area contributed by atoms with E-state index in [1.165, 1.54) is 9.69 Å². The number of aromatic nitrogens is 2. The first-order chi connectivity index (χ1) is 17.0. The van der Waals surface area contributed by atoms with Crippen LogP contribution < -0.4 is 15.3 Å². The number of amides is 1. The number of carbonyl (C=O) groups is 1. The Morgan fingerprint density at radius 2 is 1.49 bits per heavy atom. The highest BCUT2D eigenvalue weighted by molar-refractivity contribution is 6.34. The number of hydrogen-bond acceptors (Lipinski definition) is 4. The van der Waals surface area contributed by atoms with Gasteiger partial charge in [0.15, 0.2) is 0 Å². The molecule has 35 heavy (non-hydrogen) atoms. The highest BCUT2D eigenvalue weighted by Gasteiger charge is 2.34. The van der Waals surface area contributed by atoms with Crippen LogP contribution in [0.4, 0.5) is 5.69 Å². The van der Waals surface area contributed by atoms with Crippen molar-refractivity contribution in [2.24, 2.45) is 5.10 Å². The molecule has 1 aromatic heterocycles.